The summed E-state index contributed by atoms with van der Waals surface area (Å²) in [6.45, 7) is 2.00. The van der Waals surface area contributed by atoms with Gasteiger partial charge in [0.2, 0.25) is 0 Å². The van der Waals surface area contributed by atoms with Crippen molar-refractivity contribution in [1.82, 2.24) is 0 Å². The van der Waals surface area contributed by atoms with Gasteiger partial charge >= 0.3 is 0 Å². The fourth-order valence-corrected chi connectivity index (χ4v) is 4.35. The summed E-state index contributed by atoms with van der Waals surface area (Å²) in [5, 5.41) is 14.1. The Labute approximate surface area is 147 Å². The van der Waals surface area contributed by atoms with Crippen LogP contribution in [0.3, 0.4) is 0 Å². The number of hydrogen-bond donors (Lipinski definition) is 1. The van der Waals surface area contributed by atoms with E-state index < -0.39 is 4.92 Å². The van der Waals surface area contributed by atoms with Gasteiger partial charge in [-0.05, 0) is 56.5 Å². The van der Waals surface area contributed by atoms with Crippen LogP contribution in [0.4, 0.5) is 11.4 Å². The van der Waals surface area contributed by atoms with Gasteiger partial charge in [-0.3, -0.25) is 10.1 Å². The predicted octanol–water partition coefficient (Wildman–Crippen LogP) is 6.06. The SMILES string of the molecule is CC(Nc1c(Br)cc(Br)cc1Br)c1ccc([N+](=O)[O-])cc1. The lowest BCUT2D eigenvalue weighted by Gasteiger charge is -2.18. The topological polar surface area (TPSA) is 55.2 Å². The number of anilines is 1. The molecular formula is C14H11Br3N2O2. The zero-order valence-corrected chi connectivity index (χ0v) is 15.7. The standard InChI is InChI=1S/C14H11Br3N2O2/c1-8(9-2-4-11(5-3-9)19(20)21)18-14-12(16)6-10(15)7-13(14)17/h2-8,18H,1H3. The van der Waals surface area contributed by atoms with Crippen LogP contribution in [0.15, 0.2) is 49.8 Å². The molecule has 4 nitrogen and oxygen atoms in total. The van der Waals surface area contributed by atoms with Crippen molar-refractivity contribution in [3.05, 3.63) is 65.5 Å². The molecule has 0 aromatic heterocycles. The molecule has 0 heterocycles. The summed E-state index contributed by atoms with van der Waals surface area (Å²) in [5.41, 5.74) is 2.00. The lowest BCUT2D eigenvalue weighted by atomic mass is 10.1. The number of non-ortho nitro benzene ring substituents is 1. The van der Waals surface area contributed by atoms with Gasteiger partial charge in [0.15, 0.2) is 0 Å². The number of halogens is 3. The quantitative estimate of drug-likeness (QED) is 0.429. The Hall–Kier alpha value is -0.920. The monoisotopic (exact) mass is 476 g/mol. The lowest BCUT2D eigenvalue weighted by Crippen LogP contribution is -2.07. The van der Waals surface area contributed by atoms with Crippen LogP contribution in [-0.2, 0) is 0 Å². The second-order valence-electron chi connectivity index (χ2n) is 4.46. The molecule has 0 bridgehead atoms. The van der Waals surface area contributed by atoms with Gasteiger partial charge in [-0.2, -0.15) is 0 Å². The summed E-state index contributed by atoms with van der Waals surface area (Å²) in [4.78, 5) is 10.3. The van der Waals surface area contributed by atoms with Crippen LogP contribution in [0.2, 0.25) is 0 Å². The number of nitro benzene ring substituents is 1. The van der Waals surface area contributed by atoms with E-state index in [1.807, 2.05) is 19.1 Å². The second kappa shape index (κ2) is 6.89. The average Bonchev–Trinajstić information content (AvgIpc) is 2.42. The van der Waals surface area contributed by atoms with Gasteiger partial charge in [-0.25, -0.2) is 0 Å². The highest BCUT2D eigenvalue weighted by molar-refractivity contribution is 9.11. The van der Waals surface area contributed by atoms with Crippen molar-refractivity contribution in [2.75, 3.05) is 5.32 Å². The molecule has 0 aliphatic rings. The molecule has 2 aromatic carbocycles. The Kier molecular flexibility index (Phi) is 5.40. The number of nitrogens with one attached hydrogen (secondary N) is 1. The summed E-state index contributed by atoms with van der Waals surface area (Å²) < 4.78 is 2.82. The Morgan fingerprint density at radius 2 is 1.62 bits per heavy atom. The summed E-state index contributed by atoms with van der Waals surface area (Å²) in [5.74, 6) is 0. The second-order valence-corrected chi connectivity index (χ2v) is 7.08. The van der Waals surface area contributed by atoms with Crippen molar-refractivity contribution in [1.29, 1.82) is 0 Å². The summed E-state index contributed by atoms with van der Waals surface area (Å²) in [7, 11) is 0. The van der Waals surface area contributed by atoms with E-state index in [0.717, 1.165) is 24.7 Å². The van der Waals surface area contributed by atoms with Gasteiger partial charge in [0.25, 0.3) is 5.69 Å². The van der Waals surface area contributed by atoms with Gasteiger partial charge in [0.1, 0.15) is 0 Å². The maximum atomic E-state index is 10.7. The molecule has 0 saturated carbocycles. The zero-order chi connectivity index (χ0) is 15.6. The van der Waals surface area contributed by atoms with E-state index in [2.05, 4.69) is 53.1 Å². The molecule has 1 atom stereocenters. The van der Waals surface area contributed by atoms with Crippen LogP contribution >= 0.6 is 47.8 Å². The molecule has 0 radical (unpaired) electrons. The van der Waals surface area contributed by atoms with Gasteiger partial charge < -0.3 is 5.32 Å². The molecule has 110 valence electrons. The van der Waals surface area contributed by atoms with Gasteiger partial charge in [0.05, 0.1) is 10.6 Å². The van der Waals surface area contributed by atoms with Crippen molar-refractivity contribution < 1.29 is 4.92 Å². The van der Waals surface area contributed by atoms with Crippen LogP contribution in [-0.4, -0.2) is 4.92 Å². The molecule has 21 heavy (non-hydrogen) atoms. The third-order valence-corrected chi connectivity index (χ3v) is 4.68. The molecule has 0 fully saturated rings. The van der Waals surface area contributed by atoms with Crippen LogP contribution in [0.5, 0.6) is 0 Å². The fourth-order valence-electron chi connectivity index (χ4n) is 1.86. The lowest BCUT2D eigenvalue weighted by molar-refractivity contribution is -0.384. The molecule has 0 aliphatic carbocycles. The first-order chi connectivity index (χ1) is 9.88. The number of hydrogen-bond acceptors (Lipinski definition) is 3. The van der Waals surface area contributed by atoms with Crippen molar-refractivity contribution in [3.63, 3.8) is 0 Å². The highest BCUT2D eigenvalue weighted by Gasteiger charge is 2.13. The van der Waals surface area contributed by atoms with Crippen LogP contribution in [0.25, 0.3) is 0 Å². The van der Waals surface area contributed by atoms with E-state index in [1.54, 1.807) is 12.1 Å². The van der Waals surface area contributed by atoms with Gasteiger partial charge in [-0.15, -0.1) is 0 Å². The van der Waals surface area contributed by atoms with Crippen LogP contribution < -0.4 is 5.32 Å². The summed E-state index contributed by atoms with van der Waals surface area (Å²) in [6.07, 6.45) is 0. The van der Waals surface area contributed by atoms with E-state index >= 15 is 0 Å². The molecule has 1 unspecified atom stereocenters. The molecule has 0 amide bonds. The maximum absolute atomic E-state index is 10.7. The van der Waals surface area contributed by atoms with E-state index in [1.165, 1.54) is 12.1 Å². The minimum absolute atomic E-state index is 0.0135. The maximum Gasteiger partial charge on any atom is 0.269 e. The zero-order valence-electron chi connectivity index (χ0n) is 10.9. The molecule has 7 heteroatoms. The third kappa shape index (κ3) is 4.05. The van der Waals surface area contributed by atoms with E-state index in [4.69, 9.17) is 0 Å². The number of rotatable bonds is 4. The number of nitrogens with zero attached hydrogens (tertiary/aromatic N) is 1. The van der Waals surface area contributed by atoms with Gasteiger partial charge in [-0.1, -0.05) is 28.1 Å². The smallest absolute Gasteiger partial charge is 0.269 e. The summed E-state index contributed by atoms with van der Waals surface area (Å²) in [6, 6.07) is 10.5. The minimum atomic E-state index is -0.399. The van der Waals surface area contributed by atoms with Crippen LogP contribution in [0, 0.1) is 10.1 Å². The highest BCUT2D eigenvalue weighted by Crippen LogP contribution is 2.36. The Balaban J connectivity index is 2.22. The van der Waals surface area contributed by atoms with Crippen molar-refractivity contribution in [3.8, 4) is 0 Å². The van der Waals surface area contributed by atoms with Crippen molar-refractivity contribution in [2.24, 2.45) is 0 Å². The van der Waals surface area contributed by atoms with Crippen molar-refractivity contribution in [2.45, 2.75) is 13.0 Å². The molecule has 2 rings (SSSR count). The largest absolute Gasteiger partial charge is 0.377 e. The summed E-state index contributed by atoms with van der Waals surface area (Å²) >= 11 is 10.5. The Morgan fingerprint density at radius 3 is 2.10 bits per heavy atom. The molecule has 0 aliphatic heterocycles. The first-order valence-corrected chi connectivity index (χ1v) is 8.42. The normalized spacial score (nSPS) is 12.0. The predicted molar refractivity (Wildman–Crippen MR) is 94.7 cm³/mol. The highest BCUT2D eigenvalue weighted by atomic mass is 79.9. The first kappa shape index (κ1) is 16.5. The molecule has 2 aromatic rings. The van der Waals surface area contributed by atoms with Crippen LogP contribution in [0.1, 0.15) is 18.5 Å². The molecular weight excluding hydrogens is 468 g/mol. The number of nitro groups is 1. The molecule has 0 spiro atoms. The minimum Gasteiger partial charge on any atom is -0.377 e. The number of benzene rings is 2. The van der Waals surface area contributed by atoms with Gasteiger partial charge in [0, 0.05) is 31.6 Å². The first-order valence-electron chi connectivity index (χ1n) is 6.04. The fraction of sp³-hybridized carbons (Fsp3) is 0.143. The Morgan fingerprint density at radius 1 is 1.10 bits per heavy atom. The molecule has 0 saturated heterocycles. The molecule has 1 N–H and O–H groups in total. The van der Waals surface area contributed by atoms with E-state index in [9.17, 15) is 10.1 Å². The third-order valence-electron chi connectivity index (χ3n) is 2.97. The van der Waals surface area contributed by atoms with E-state index in [0.29, 0.717) is 0 Å². The Bertz CT molecular complexity index is 651. The average molecular weight is 479 g/mol. The van der Waals surface area contributed by atoms with E-state index in [-0.39, 0.29) is 11.7 Å². The van der Waals surface area contributed by atoms with Crippen molar-refractivity contribution >= 4 is 59.2 Å².